The molecule has 40 heavy (non-hydrogen) atoms. The standard InChI is InChI=1S/C31H41BrFN5O2/c1-19-13-24(31(6,7)8)9-12-29(19)40-23(5)30(39)36-15-20(2)37(21(3)16-36)17-26-18-38(35-34-26)22(4)27-11-10-25(32)14-28(27)33/h9-14,18,20-23H,15-17H2,1-8H3/t20-,21+,22-,23?/m1/s1. The number of hydrogen-bond donors (Lipinski definition) is 0. The van der Waals surface area contributed by atoms with Gasteiger partial charge in [-0.25, -0.2) is 9.07 Å². The summed E-state index contributed by atoms with van der Waals surface area (Å²) >= 11 is 3.31. The van der Waals surface area contributed by atoms with E-state index in [-0.39, 0.29) is 35.3 Å². The monoisotopic (exact) mass is 613 g/mol. The van der Waals surface area contributed by atoms with Crippen molar-refractivity contribution in [1.29, 1.82) is 0 Å². The molecule has 1 aliphatic heterocycles. The highest BCUT2D eigenvalue weighted by Gasteiger charge is 2.34. The molecular weight excluding hydrogens is 573 g/mol. The average molecular weight is 615 g/mol. The van der Waals surface area contributed by atoms with E-state index in [1.54, 1.807) is 10.7 Å². The Morgan fingerprint density at radius 3 is 2.40 bits per heavy atom. The van der Waals surface area contributed by atoms with Crippen LogP contribution in [-0.2, 0) is 16.8 Å². The minimum absolute atomic E-state index is 0.00561. The largest absolute Gasteiger partial charge is 0.481 e. The molecule has 9 heteroatoms. The highest BCUT2D eigenvalue weighted by molar-refractivity contribution is 9.10. The zero-order valence-corrected chi connectivity index (χ0v) is 26.4. The number of hydrogen-bond acceptors (Lipinski definition) is 5. The van der Waals surface area contributed by atoms with E-state index >= 15 is 0 Å². The summed E-state index contributed by atoms with van der Waals surface area (Å²) in [6, 6.07) is 11.2. The number of piperazine rings is 1. The zero-order valence-electron chi connectivity index (χ0n) is 24.8. The Bertz CT molecular complexity index is 1340. The van der Waals surface area contributed by atoms with E-state index in [0.717, 1.165) is 17.0 Å². The number of carbonyl (C=O) groups excluding carboxylic acids is 1. The molecule has 1 aromatic heterocycles. The zero-order chi connectivity index (χ0) is 29.4. The SMILES string of the molecule is Cc1cc(C(C)(C)C)ccc1OC(C)C(=O)N1C[C@@H](C)N(Cc2cn([C@H](C)c3ccc(Br)cc3F)nn2)[C@@H](C)C1. The maximum absolute atomic E-state index is 14.5. The molecule has 0 bridgehead atoms. The van der Waals surface area contributed by atoms with Crippen LogP contribution in [0.15, 0.2) is 47.1 Å². The maximum atomic E-state index is 14.5. The summed E-state index contributed by atoms with van der Waals surface area (Å²) in [4.78, 5) is 17.6. The maximum Gasteiger partial charge on any atom is 0.263 e. The number of halogens is 2. The molecule has 1 amide bonds. The van der Waals surface area contributed by atoms with Crippen LogP contribution in [0.5, 0.6) is 5.75 Å². The number of rotatable bonds is 7. The number of aromatic nitrogens is 3. The molecule has 216 valence electrons. The molecule has 0 spiro atoms. The molecule has 2 heterocycles. The van der Waals surface area contributed by atoms with Gasteiger partial charge in [-0.3, -0.25) is 9.69 Å². The fourth-order valence-electron chi connectivity index (χ4n) is 5.34. The van der Waals surface area contributed by atoms with Crippen LogP contribution in [0.25, 0.3) is 0 Å². The van der Waals surface area contributed by atoms with Gasteiger partial charge < -0.3 is 9.64 Å². The van der Waals surface area contributed by atoms with E-state index in [9.17, 15) is 9.18 Å². The normalized spacial score (nSPS) is 19.9. The molecular formula is C31H41BrFN5O2. The van der Waals surface area contributed by atoms with Crippen molar-refractivity contribution in [2.45, 2.75) is 91.6 Å². The summed E-state index contributed by atoms with van der Waals surface area (Å²) < 4.78 is 23.0. The molecule has 2 aromatic carbocycles. The van der Waals surface area contributed by atoms with Gasteiger partial charge in [-0.1, -0.05) is 60.1 Å². The summed E-state index contributed by atoms with van der Waals surface area (Å²) in [5, 5.41) is 8.65. The number of carbonyl (C=O) groups is 1. The van der Waals surface area contributed by atoms with Gasteiger partial charge in [-0.2, -0.15) is 0 Å². The lowest BCUT2D eigenvalue weighted by atomic mass is 9.86. The number of benzene rings is 2. The Hall–Kier alpha value is -2.78. The first-order valence-corrected chi connectivity index (χ1v) is 14.7. The third kappa shape index (κ3) is 6.74. The molecule has 0 aliphatic carbocycles. The molecule has 1 unspecified atom stereocenters. The first-order chi connectivity index (χ1) is 18.7. The summed E-state index contributed by atoms with van der Waals surface area (Å²) in [5.41, 5.74) is 3.70. The van der Waals surface area contributed by atoms with Gasteiger partial charge in [0.1, 0.15) is 11.6 Å². The minimum Gasteiger partial charge on any atom is -0.481 e. The van der Waals surface area contributed by atoms with Gasteiger partial charge in [0.05, 0.1) is 17.9 Å². The second-order valence-corrected chi connectivity index (χ2v) is 13.1. The molecule has 3 aromatic rings. The Morgan fingerprint density at radius 2 is 1.80 bits per heavy atom. The minimum atomic E-state index is -0.578. The van der Waals surface area contributed by atoms with E-state index in [1.165, 1.54) is 11.6 Å². The summed E-state index contributed by atoms with van der Waals surface area (Å²) in [5.74, 6) is 0.458. The van der Waals surface area contributed by atoms with Crippen LogP contribution in [0.1, 0.15) is 76.9 Å². The number of nitrogens with zero attached hydrogens (tertiary/aromatic N) is 5. The second-order valence-electron chi connectivity index (χ2n) is 12.1. The number of aryl methyl sites for hydroxylation is 1. The van der Waals surface area contributed by atoms with Crippen molar-refractivity contribution in [1.82, 2.24) is 24.8 Å². The quantitative estimate of drug-likeness (QED) is 0.314. The fourth-order valence-corrected chi connectivity index (χ4v) is 5.67. The van der Waals surface area contributed by atoms with Crippen LogP contribution < -0.4 is 4.74 Å². The van der Waals surface area contributed by atoms with Gasteiger partial charge in [0.25, 0.3) is 5.91 Å². The number of amides is 1. The average Bonchev–Trinajstić information content (AvgIpc) is 3.34. The van der Waals surface area contributed by atoms with Crippen molar-refractivity contribution in [2.75, 3.05) is 13.1 Å². The van der Waals surface area contributed by atoms with Crippen molar-refractivity contribution in [2.24, 2.45) is 0 Å². The molecule has 0 radical (unpaired) electrons. The van der Waals surface area contributed by atoms with E-state index < -0.39 is 6.10 Å². The molecule has 0 saturated carbocycles. The molecule has 1 saturated heterocycles. The van der Waals surface area contributed by atoms with Gasteiger partial charge in [0.15, 0.2) is 6.10 Å². The Labute approximate surface area is 245 Å². The highest BCUT2D eigenvalue weighted by atomic mass is 79.9. The molecule has 0 N–H and O–H groups in total. The third-order valence-corrected chi connectivity index (χ3v) is 8.31. The van der Waals surface area contributed by atoms with Crippen molar-refractivity contribution < 1.29 is 13.9 Å². The Morgan fingerprint density at radius 1 is 1.12 bits per heavy atom. The van der Waals surface area contributed by atoms with Crippen molar-refractivity contribution in [3.8, 4) is 5.75 Å². The highest BCUT2D eigenvalue weighted by Crippen LogP contribution is 2.29. The third-order valence-electron chi connectivity index (χ3n) is 7.82. The molecule has 7 nitrogen and oxygen atoms in total. The second kappa shape index (κ2) is 12.0. The molecule has 4 atom stereocenters. The van der Waals surface area contributed by atoms with Crippen LogP contribution in [0, 0.1) is 12.7 Å². The van der Waals surface area contributed by atoms with Crippen LogP contribution in [0.2, 0.25) is 0 Å². The number of ether oxygens (including phenoxy) is 1. The molecule has 1 aliphatic rings. The van der Waals surface area contributed by atoms with Crippen molar-refractivity contribution in [3.63, 3.8) is 0 Å². The van der Waals surface area contributed by atoms with Crippen molar-refractivity contribution >= 4 is 21.8 Å². The lowest BCUT2D eigenvalue weighted by molar-refractivity contribution is -0.142. The van der Waals surface area contributed by atoms with Gasteiger partial charge in [-0.15, -0.1) is 5.10 Å². The van der Waals surface area contributed by atoms with Gasteiger partial charge in [0, 0.05) is 41.8 Å². The first kappa shape index (κ1) is 30.2. The molecule has 4 rings (SSSR count). The van der Waals surface area contributed by atoms with Crippen LogP contribution in [-0.4, -0.2) is 62.0 Å². The predicted molar refractivity (Wildman–Crippen MR) is 159 cm³/mol. The van der Waals surface area contributed by atoms with Gasteiger partial charge in [-0.05, 0) is 69.4 Å². The summed E-state index contributed by atoms with van der Waals surface area (Å²) in [6.45, 7) is 18.4. The lowest BCUT2D eigenvalue weighted by Crippen LogP contribution is -2.59. The van der Waals surface area contributed by atoms with Crippen LogP contribution in [0.3, 0.4) is 0 Å². The fraction of sp³-hybridized carbons (Fsp3) is 0.516. The Balaban J connectivity index is 1.37. The van der Waals surface area contributed by atoms with Gasteiger partial charge >= 0.3 is 0 Å². The van der Waals surface area contributed by atoms with Gasteiger partial charge in [0.2, 0.25) is 0 Å². The topological polar surface area (TPSA) is 63.5 Å². The van der Waals surface area contributed by atoms with Crippen LogP contribution in [0.4, 0.5) is 4.39 Å². The summed E-state index contributed by atoms with van der Waals surface area (Å²) in [7, 11) is 0. The predicted octanol–water partition coefficient (Wildman–Crippen LogP) is 6.28. The smallest absolute Gasteiger partial charge is 0.263 e. The Kier molecular flexibility index (Phi) is 9.05. The molecule has 1 fully saturated rings. The van der Waals surface area contributed by atoms with E-state index in [0.29, 0.717) is 29.7 Å². The van der Waals surface area contributed by atoms with Crippen LogP contribution >= 0.6 is 15.9 Å². The van der Waals surface area contributed by atoms with E-state index in [4.69, 9.17) is 4.74 Å². The summed E-state index contributed by atoms with van der Waals surface area (Å²) in [6.07, 6.45) is 1.30. The first-order valence-electron chi connectivity index (χ1n) is 13.9. The van der Waals surface area contributed by atoms with E-state index in [2.05, 4.69) is 77.9 Å². The van der Waals surface area contributed by atoms with Crippen molar-refractivity contribution in [3.05, 3.63) is 75.3 Å². The lowest BCUT2D eigenvalue weighted by Gasteiger charge is -2.44. The van der Waals surface area contributed by atoms with E-state index in [1.807, 2.05) is 44.0 Å².